The summed E-state index contributed by atoms with van der Waals surface area (Å²) in [5, 5.41) is 9.49. The van der Waals surface area contributed by atoms with Gasteiger partial charge in [-0.25, -0.2) is 4.79 Å². The van der Waals surface area contributed by atoms with E-state index in [0.717, 1.165) is 12.0 Å². The SMILES string of the molecule is CCCc1cc(Cl)c(OC)c(C(=O)O)c1OC. The van der Waals surface area contributed by atoms with Crippen molar-refractivity contribution in [3.8, 4) is 11.5 Å². The molecule has 1 rings (SSSR count). The molecule has 0 saturated carbocycles. The van der Waals surface area contributed by atoms with E-state index in [-0.39, 0.29) is 16.3 Å². The van der Waals surface area contributed by atoms with E-state index in [0.29, 0.717) is 12.2 Å². The van der Waals surface area contributed by atoms with Gasteiger partial charge in [-0.1, -0.05) is 24.9 Å². The van der Waals surface area contributed by atoms with E-state index < -0.39 is 5.97 Å². The summed E-state index contributed by atoms with van der Waals surface area (Å²) in [6.45, 7) is 2.00. The van der Waals surface area contributed by atoms with E-state index in [4.69, 9.17) is 21.1 Å². The van der Waals surface area contributed by atoms with E-state index >= 15 is 0 Å². The van der Waals surface area contributed by atoms with Gasteiger partial charge in [-0.05, 0) is 18.1 Å². The van der Waals surface area contributed by atoms with E-state index in [2.05, 4.69) is 0 Å². The molecule has 1 aromatic rings. The minimum absolute atomic E-state index is 0.0223. The van der Waals surface area contributed by atoms with Gasteiger partial charge in [-0.2, -0.15) is 0 Å². The lowest BCUT2D eigenvalue weighted by molar-refractivity contribution is 0.0689. The van der Waals surface area contributed by atoms with Gasteiger partial charge in [-0.15, -0.1) is 0 Å². The Balaban J connectivity index is 3.53. The highest BCUT2D eigenvalue weighted by Crippen LogP contribution is 2.38. The molecule has 94 valence electrons. The molecule has 0 unspecified atom stereocenters. The summed E-state index contributed by atoms with van der Waals surface area (Å²) >= 11 is 6.00. The molecule has 0 aliphatic rings. The average molecular weight is 259 g/mol. The monoisotopic (exact) mass is 258 g/mol. The van der Waals surface area contributed by atoms with Crippen molar-refractivity contribution < 1.29 is 19.4 Å². The van der Waals surface area contributed by atoms with Crippen molar-refractivity contribution in [3.05, 3.63) is 22.2 Å². The van der Waals surface area contributed by atoms with Crippen molar-refractivity contribution in [1.82, 2.24) is 0 Å². The summed E-state index contributed by atoms with van der Waals surface area (Å²) in [4.78, 5) is 11.3. The molecule has 0 fully saturated rings. The lowest BCUT2D eigenvalue weighted by Crippen LogP contribution is -2.07. The molecule has 0 aromatic heterocycles. The molecule has 5 heteroatoms. The predicted octanol–water partition coefficient (Wildman–Crippen LogP) is 3.01. The van der Waals surface area contributed by atoms with Crippen LogP contribution in [0.5, 0.6) is 11.5 Å². The van der Waals surface area contributed by atoms with Gasteiger partial charge in [0, 0.05) is 0 Å². The zero-order valence-electron chi connectivity index (χ0n) is 10.0. The molecular weight excluding hydrogens is 244 g/mol. The Bertz CT molecular complexity index is 429. The first kappa shape index (κ1) is 13.6. The molecular formula is C12H15ClO4. The van der Waals surface area contributed by atoms with Gasteiger partial charge in [0.2, 0.25) is 0 Å². The van der Waals surface area contributed by atoms with Gasteiger partial charge >= 0.3 is 5.97 Å². The normalized spacial score (nSPS) is 10.1. The minimum Gasteiger partial charge on any atom is -0.495 e. The number of aromatic carboxylic acids is 1. The first-order valence-corrected chi connectivity index (χ1v) is 5.61. The highest BCUT2D eigenvalue weighted by Gasteiger charge is 2.23. The molecule has 17 heavy (non-hydrogen) atoms. The Labute approximate surface area is 105 Å². The number of hydrogen-bond acceptors (Lipinski definition) is 3. The maximum atomic E-state index is 11.3. The topological polar surface area (TPSA) is 55.8 Å². The van der Waals surface area contributed by atoms with Crippen LogP contribution in [0.2, 0.25) is 5.02 Å². The van der Waals surface area contributed by atoms with E-state index in [1.165, 1.54) is 14.2 Å². The Hall–Kier alpha value is -1.42. The largest absolute Gasteiger partial charge is 0.495 e. The summed E-state index contributed by atoms with van der Waals surface area (Å²) in [5.74, 6) is -0.657. The van der Waals surface area contributed by atoms with Gasteiger partial charge in [0.05, 0.1) is 19.2 Å². The lowest BCUT2D eigenvalue weighted by atomic mass is 10.0. The molecule has 0 radical (unpaired) electrons. The number of rotatable bonds is 5. The van der Waals surface area contributed by atoms with Crippen molar-refractivity contribution in [2.24, 2.45) is 0 Å². The standard InChI is InChI=1S/C12H15ClO4/c1-4-5-7-6-8(13)11(17-3)9(12(14)15)10(7)16-2/h6H,4-5H2,1-3H3,(H,14,15). The fourth-order valence-corrected chi connectivity index (χ4v) is 2.05. The molecule has 4 nitrogen and oxygen atoms in total. The van der Waals surface area contributed by atoms with E-state index in [1.807, 2.05) is 6.92 Å². The maximum absolute atomic E-state index is 11.3. The third-order valence-corrected chi connectivity index (χ3v) is 2.69. The van der Waals surface area contributed by atoms with Crippen molar-refractivity contribution >= 4 is 17.6 Å². The predicted molar refractivity (Wildman–Crippen MR) is 65.5 cm³/mol. The zero-order chi connectivity index (χ0) is 13.0. The van der Waals surface area contributed by atoms with Crippen LogP contribution in [0.25, 0.3) is 0 Å². The second kappa shape index (κ2) is 5.77. The summed E-state index contributed by atoms with van der Waals surface area (Å²) < 4.78 is 10.2. The highest BCUT2D eigenvalue weighted by atomic mass is 35.5. The molecule has 0 aliphatic heterocycles. The molecule has 0 aliphatic carbocycles. The van der Waals surface area contributed by atoms with Gasteiger partial charge in [0.25, 0.3) is 0 Å². The van der Waals surface area contributed by atoms with Crippen LogP contribution in [0.1, 0.15) is 29.3 Å². The molecule has 1 aromatic carbocycles. The Morgan fingerprint density at radius 2 is 1.94 bits per heavy atom. The summed E-state index contributed by atoms with van der Waals surface area (Å²) in [7, 11) is 2.82. The number of carboxylic acid groups (broad SMARTS) is 1. The van der Waals surface area contributed by atoms with Crippen molar-refractivity contribution in [2.75, 3.05) is 14.2 Å². The quantitative estimate of drug-likeness (QED) is 0.882. The van der Waals surface area contributed by atoms with Crippen molar-refractivity contribution in [2.45, 2.75) is 19.8 Å². The number of ether oxygens (including phenoxy) is 2. The molecule has 0 heterocycles. The smallest absolute Gasteiger partial charge is 0.343 e. The van der Waals surface area contributed by atoms with Gasteiger partial charge in [0.1, 0.15) is 11.3 Å². The van der Waals surface area contributed by atoms with Crippen LogP contribution in [-0.2, 0) is 6.42 Å². The summed E-state index contributed by atoms with van der Waals surface area (Å²) in [6.07, 6.45) is 1.57. The molecule has 0 saturated heterocycles. The average Bonchev–Trinajstić information content (AvgIpc) is 2.28. The highest BCUT2D eigenvalue weighted by molar-refractivity contribution is 6.32. The second-order valence-electron chi connectivity index (χ2n) is 3.51. The maximum Gasteiger partial charge on any atom is 0.343 e. The van der Waals surface area contributed by atoms with E-state index in [9.17, 15) is 9.90 Å². The number of carbonyl (C=O) groups is 1. The van der Waals surface area contributed by atoms with Crippen LogP contribution in [0.15, 0.2) is 6.07 Å². The van der Waals surface area contributed by atoms with Crippen LogP contribution in [0.4, 0.5) is 0 Å². The van der Waals surface area contributed by atoms with Crippen LogP contribution in [0.3, 0.4) is 0 Å². The van der Waals surface area contributed by atoms with Crippen LogP contribution in [-0.4, -0.2) is 25.3 Å². The Morgan fingerprint density at radius 3 is 2.35 bits per heavy atom. The van der Waals surface area contributed by atoms with Crippen LogP contribution >= 0.6 is 11.6 Å². The molecule has 0 atom stereocenters. The number of benzene rings is 1. The van der Waals surface area contributed by atoms with E-state index in [1.54, 1.807) is 6.07 Å². The molecule has 0 bridgehead atoms. The molecule has 1 N–H and O–H groups in total. The molecule has 0 spiro atoms. The number of halogens is 1. The number of methoxy groups -OCH3 is 2. The van der Waals surface area contributed by atoms with Crippen LogP contribution in [0, 0.1) is 0 Å². The van der Waals surface area contributed by atoms with Gasteiger partial charge in [0.15, 0.2) is 5.75 Å². The minimum atomic E-state index is -1.11. The van der Waals surface area contributed by atoms with Crippen molar-refractivity contribution in [1.29, 1.82) is 0 Å². The third kappa shape index (κ3) is 2.64. The second-order valence-corrected chi connectivity index (χ2v) is 3.92. The van der Waals surface area contributed by atoms with Gasteiger partial charge in [-0.3, -0.25) is 0 Å². The van der Waals surface area contributed by atoms with Crippen molar-refractivity contribution in [3.63, 3.8) is 0 Å². The fraction of sp³-hybridized carbons (Fsp3) is 0.417. The van der Waals surface area contributed by atoms with Crippen LogP contribution < -0.4 is 9.47 Å². The lowest BCUT2D eigenvalue weighted by Gasteiger charge is -2.15. The Morgan fingerprint density at radius 1 is 1.35 bits per heavy atom. The summed E-state index contributed by atoms with van der Waals surface area (Å²) in [6, 6.07) is 1.69. The first-order valence-electron chi connectivity index (χ1n) is 5.23. The molecule has 0 amide bonds. The summed E-state index contributed by atoms with van der Waals surface area (Å²) in [5.41, 5.74) is 0.754. The number of aryl methyl sites for hydroxylation is 1. The third-order valence-electron chi connectivity index (χ3n) is 2.41. The number of hydrogen-bond donors (Lipinski definition) is 1. The number of carboxylic acids is 1. The Kier molecular flexibility index (Phi) is 4.63. The fourth-order valence-electron chi connectivity index (χ4n) is 1.75. The van der Waals surface area contributed by atoms with Gasteiger partial charge < -0.3 is 14.6 Å². The zero-order valence-corrected chi connectivity index (χ0v) is 10.8. The first-order chi connectivity index (χ1) is 8.06.